The Labute approximate surface area is 198 Å². The van der Waals surface area contributed by atoms with Crippen molar-refractivity contribution in [3.63, 3.8) is 0 Å². The zero-order valence-electron chi connectivity index (χ0n) is 16.7. The van der Waals surface area contributed by atoms with Crippen LogP contribution in [0.25, 0.3) is 11.3 Å². The van der Waals surface area contributed by atoms with Crippen molar-refractivity contribution in [3.05, 3.63) is 98.7 Å². The molecule has 0 unspecified atom stereocenters. The second kappa shape index (κ2) is 9.37. The summed E-state index contributed by atoms with van der Waals surface area (Å²) in [5.41, 5.74) is 3.79. The molecule has 0 amide bonds. The molecular weight excluding hydrogens is 494 g/mol. The number of rotatable bonds is 5. The number of nitro groups is 1. The number of aromatic nitrogens is 1. The lowest BCUT2D eigenvalue weighted by atomic mass is 10.1. The quantitative estimate of drug-likeness (QED) is 0.254. The van der Waals surface area contributed by atoms with Crippen molar-refractivity contribution in [3.8, 4) is 22.8 Å². The molecule has 0 atom stereocenters. The van der Waals surface area contributed by atoms with E-state index in [-0.39, 0.29) is 29.5 Å². The zero-order chi connectivity index (χ0) is 21.2. The Bertz CT molecular complexity index is 1320. The van der Waals surface area contributed by atoms with Gasteiger partial charge in [-0.3, -0.25) is 10.1 Å². The van der Waals surface area contributed by atoms with Crippen molar-refractivity contribution in [2.75, 3.05) is 6.79 Å². The Balaban J connectivity index is 0.00000245. The van der Waals surface area contributed by atoms with Crippen molar-refractivity contribution < 1.29 is 14.4 Å². The van der Waals surface area contributed by atoms with Gasteiger partial charge in [-0.05, 0) is 47.5 Å². The maximum atomic E-state index is 11.0. The number of hydrogen-bond donors (Lipinski definition) is 0. The van der Waals surface area contributed by atoms with Gasteiger partial charge in [-0.25, -0.2) is 4.99 Å². The molecule has 7 nitrogen and oxygen atoms in total. The minimum atomic E-state index is -0.395. The van der Waals surface area contributed by atoms with Crippen molar-refractivity contribution in [2.24, 2.45) is 4.99 Å². The largest absolute Gasteiger partial charge is 0.454 e. The highest BCUT2D eigenvalue weighted by atomic mass is 79.9. The molecule has 1 aliphatic rings. The molecule has 0 aliphatic carbocycles. The highest BCUT2D eigenvalue weighted by molar-refractivity contribution is 8.93. The lowest BCUT2D eigenvalue weighted by Crippen LogP contribution is -2.16. The van der Waals surface area contributed by atoms with Gasteiger partial charge < -0.3 is 14.0 Å². The molecule has 4 aromatic rings. The van der Waals surface area contributed by atoms with Gasteiger partial charge in [-0.15, -0.1) is 28.3 Å². The number of benzene rings is 3. The molecule has 0 radical (unpaired) electrons. The molecule has 1 aromatic heterocycles. The van der Waals surface area contributed by atoms with Crippen LogP contribution in [0.1, 0.15) is 5.56 Å². The Morgan fingerprint density at radius 1 is 1.00 bits per heavy atom. The van der Waals surface area contributed by atoms with E-state index in [9.17, 15) is 10.1 Å². The van der Waals surface area contributed by atoms with E-state index in [4.69, 9.17) is 14.5 Å². The van der Waals surface area contributed by atoms with Gasteiger partial charge in [0.05, 0.1) is 22.8 Å². The summed E-state index contributed by atoms with van der Waals surface area (Å²) >= 11 is 1.53. The summed E-state index contributed by atoms with van der Waals surface area (Å²) in [6, 6.07) is 22.2. The van der Waals surface area contributed by atoms with Crippen LogP contribution < -0.4 is 14.3 Å². The fourth-order valence-electron chi connectivity index (χ4n) is 3.39. The number of para-hydroxylation sites is 1. The van der Waals surface area contributed by atoms with Crippen LogP contribution in [0.15, 0.2) is 83.2 Å². The molecule has 0 spiro atoms. The Hall–Kier alpha value is -3.43. The molecule has 3 aromatic carbocycles. The van der Waals surface area contributed by atoms with E-state index in [1.54, 1.807) is 12.1 Å². The van der Waals surface area contributed by atoms with Crippen molar-refractivity contribution >= 4 is 39.7 Å². The predicted octanol–water partition coefficient (Wildman–Crippen LogP) is 5.71. The molecule has 0 saturated carbocycles. The van der Waals surface area contributed by atoms with Gasteiger partial charge >= 0.3 is 0 Å². The lowest BCUT2D eigenvalue weighted by molar-refractivity contribution is -0.384. The monoisotopic (exact) mass is 511 g/mol. The first kappa shape index (κ1) is 21.8. The lowest BCUT2D eigenvalue weighted by Gasteiger charge is -2.10. The molecular formula is C23H18BrN3O4S. The highest BCUT2D eigenvalue weighted by Crippen LogP contribution is 2.33. The van der Waals surface area contributed by atoms with Crippen LogP contribution >= 0.6 is 28.3 Å². The van der Waals surface area contributed by atoms with Gasteiger partial charge in [0, 0.05) is 17.5 Å². The van der Waals surface area contributed by atoms with E-state index in [1.807, 2.05) is 53.9 Å². The third-order valence-corrected chi connectivity index (χ3v) is 5.79. The second-order valence-electron chi connectivity index (χ2n) is 6.93. The first-order valence-electron chi connectivity index (χ1n) is 9.59. The summed E-state index contributed by atoms with van der Waals surface area (Å²) in [7, 11) is 0. The minimum Gasteiger partial charge on any atom is -0.454 e. The summed E-state index contributed by atoms with van der Waals surface area (Å²) in [5.74, 6) is 1.47. The van der Waals surface area contributed by atoms with Crippen molar-refractivity contribution in [2.45, 2.75) is 6.54 Å². The third-order valence-electron chi connectivity index (χ3n) is 4.93. The number of thiazole rings is 1. The Morgan fingerprint density at radius 2 is 1.75 bits per heavy atom. The molecule has 0 bridgehead atoms. The maximum Gasteiger partial charge on any atom is 0.269 e. The number of fused-ring (bicyclic) bond motifs is 1. The summed E-state index contributed by atoms with van der Waals surface area (Å²) in [4.78, 5) is 16.3. The molecule has 9 heteroatoms. The first-order chi connectivity index (χ1) is 15.2. The number of nitrogens with zero attached hydrogens (tertiary/aromatic N) is 3. The average molecular weight is 512 g/mol. The van der Waals surface area contributed by atoms with E-state index in [0.717, 1.165) is 38.8 Å². The SMILES string of the molecule is Br.O=[N+]([O-])c1ccc(-c2csc(=Nc3ccccc3)n2Cc2ccc3c(c2)OCO3)cc1. The minimum absolute atomic E-state index is 0. The standard InChI is InChI=1S/C23H17N3O4S.BrH/c27-26(28)19-9-7-17(8-10-19)20-14-31-23(24-18-4-2-1-3-5-18)25(20)13-16-6-11-21-22(12-16)30-15-29-21;/h1-12,14H,13,15H2;1H. The van der Waals surface area contributed by atoms with Gasteiger partial charge in [-0.1, -0.05) is 24.3 Å². The average Bonchev–Trinajstić information content (AvgIpc) is 3.41. The smallest absolute Gasteiger partial charge is 0.269 e. The Kier molecular flexibility index (Phi) is 6.38. The summed E-state index contributed by atoms with van der Waals surface area (Å²) in [6.45, 7) is 0.797. The fourth-order valence-corrected chi connectivity index (χ4v) is 4.32. The van der Waals surface area contributed by atoms with Crippen LogP contribution in [0.5, 0.6) is 11.5 Å². The fraction of sp³-hybridized carbons (Fsp3) is 0.0870. The van der Waals surface area contributed by atoms with Gasteiger partial charge in [0.2, 0.25) is 6.79 Å². The first-order valence-corrected chi connectivity index (χ1v) is 10.5. The van der Waals surface area contributed by atoms with E-state index in [0.29, 0.717) is 6.54 Å². The van der Waals surface area contributed by atoms with Crippen LogP contribution in [0, 0.1) is 10.1 Å². The molecule has 0 saturated heterocycles. The van der Waals surface area contributed by atoms with Crippen molar-refractivity contribution in [1.29, 1.82) is 0 Å². The molecule has 162 valence electrons. The van der Waals surface area contributed by atoms with E-state index < -0.39 is 4.92 Å². The predicted molar refractivity (Wildman–Crippen MR) is 128 cm³/mol. The molecule has 0 fully saturated rings. The number of non-ortho nitro benzene ring substituents is 1. The normalized spacial score (nSPS) is 12.4. The number of nitro benzene ring substituents is 1. The molecule has 5 rings (SSSR count). The number of ether oxygens (including phenoxy) is 2. The topological polar surface area (TPSA) is 78.9 Å². The van der Waals surface area contributed by atoms with Gasteiger partial charge in [0.1, 0.15) is 0 Å². The van der Waals surface area contributed by atoms with E-state index in [2.05, 4.69) is 4.57 Å². The van der Waals surface area contributed by atoms with Crippen LogP contribution in [0.2, 0.25) is 0 Å². The van der Waals surface area contributed by atoms with E-state index >= 15 is 0 Å². The highest BCUT2D eigenvalue weighted by Gasteiger charge is 2.15. The van der Waals surface area contributed by atoms with Gasteiger partial charge in [0.15, 0.2) is 16.3 Å². The van der Waals surface area contributed by atoms with Gasteiger partial charge in [-0.2, -0.15) is 0 Å². The Morgan fingerprint density at radius 3 is 2.50 bits per heavy atom. The van der Waals surface area contributed by atoms with Crippen LogP contribution in [0.3, 0.4) is 0 Å². The third kappa shape index (κ3) is 4.44. The molecule has 1 aliphatic heterocycles. The van der Waals surface area contributed by atoms with Crippen LogP contribution in [-0.4, -0.2) is 16.3 Å². The number of halogens is 1. The molecule has 2 heterocycles. The van der Waals surface area contributed by atoms with Crippen LogP contribution in [-0.2, 0) is 6.54 Å². The number of hydrogen-bond acceptors (Lipinski definition) is 6. The van der Waals surface area contributed by atoms with Crippen LogP contribution in [0.4, 0.5) is 11.4 Å². The molecule has 0 N–H and O–H groups in total. The molecule has 32 heavy (non-hydrogen) atoms. The van der Waals surface area contributed by atoms with Gasteiger partial charge in [0.25, 0.3) is 5.69 Å². The maximum absolute atomic E-state index is 11.0. The second-order valence-corrected chi connectivity index (χ2v) is 7.77. The summed E-state index contributed by atoms with van der Waals surface area (Å²) in [6.07, 6.45) is 0. The van der Waals surface area contributed by atoms with Crippen molar-refractivity contribution in [1.82, 2.24) is 4.57 Å². The van der Waals surface area contributed by atoms with E-state index in [1.165, 1.54) is 23.5 Å². The summed E-state index contributed by atoms with van der Waals surface area (Å²) < 4.78 is 13.0. The summed E-state index contributed by atoms with van der Waals surface area (Å²) in [5, 5.41) is 13.0. The zero-order valence-corrected chi connectivity index (χ0v) is 19.2.